The van der Waals surface area contributed by atoms with Gasteiger partial charge in [0.25, 0.3) is 0 Å². The summed E-state index contributed by atoms with van der Waals surface area (Å²) in [6, 6.07) is 2.66. The van der Waals surface area contributed by atoms with Crippen LogP contribution >= 0.6 is 27.5 Å². The lowest BCUT2D eigenvalue weighted by atomic mass is 10.3. The molecule has 0 radical (unpaired) electrons. The summed E-state index contributed by atoms with van der Waals surface area (Å²) in [4.78, 5) is 8.25. The Hall–Kier alpha value is -1.40. The van der Waals surface area contributed by atoms with Crippen LogP contribution in [0.15, 0.2) is 22.9 Å². The predicted molar refractivity (Wildman–Crippen MR) is 84.7 cm³/mol. The summed E-state index contributed by atoms with van der Waals surface area (Å²) >= 11 is 9.00. The number of anilines is 1. The number of rotatable bonds is 5. The van der Waals surface area contributed by atoms with Crippen LogP contribution in [-0.2, 0) is 0 Å². The Morgan fingerprint density at radius 3 is 2.86 bits per heavy atom. The molecule has 21 heavy (non-hydrogen) atoms. The van der Waals surface area contributed by atoms with Crippen LogP contribution < -0.4 is 10.1 Å². The summed E-state index contributed by atoms with van der Waals surface area (Å²) in [7, 11) is 0. The molecular formula is C14H14BrClFN3O. The lowest BCUT2D eigenvalue weighted by Crippen LogP contribution is -2.05. The summed E-state index contributed by atoms with van der Waals surface area (Å²) in [5.74, 6) is 0.824. The molecule has 1 aromatic heterocycles. The van der Waals surface area contributed by atoms with Gasteiger partial charge in [-0.15, -0.1) is 0 Å². The Balaban J connectivity index is 2.29. The van der Waals surface area contributed by atoms with Gasteiger partial charge < -0.3 is 10.1 Å². The minimum absolute atomic E-state index is 0.0268. The molecule has 0 saturated heterocycles. The lowest BCUT2D eigenvalue weighted by Gasteiger charge is -2.12. The van der Waals surface area contributed by atoms with E-state index in [4.69, 9.17) is 16.3 Å². The van der Waals surface area contributed by atoms with Gasteiger partial charge >= 0.3 is 0 Å². The van der Waals surface area contributed by atoms with Crippen LogP contribution in [0.25, 0.3) is 0 Å². The number of aromatic nitrogens is 2. The van der Waals surface area contributed by atoms with Gasteiger partial charge in [0.05, 0.1) is 15.1 Å². The first-order valence-corrected chi connectivity index (χ1v) is 7.58. The van der Waals surface area contributed by atoms with Crippen LogP contribution in [0, 0.1) is 12.7 Å². The monoisotopic (exact) mass is 373 g/mol. The van der Waals surface area contributed by atoms with E-state index >= 15 is 0 Å². The second-order valence-corrected chi connectivity index (χ2v) is 5.64. The fourth-order valence-electron chi connectivity index (χ4n) is 1.65. The molecule has 0 bridgehead atoms. The van der Waals surface area contributed by atoms with E-state index in [1.807, 2.05) is 6.92 Å². The number of nitrogens with zero attached hydrogens (tertiary/aromatic N) is 2. The van der Waals surface area contributed by atoms with Crippen LogP contribution in [0.2, 0.25) is 5.02 Å². The molecule has 2 rings (SSSR count). The Morgan fingerprint density at radius 2 is 2.14 bits per heavy atom. The molecule has 0 fully saturated rings. The van der Waals surface area contributed by atoms with Crippen molar-refractivity contribution in [2.24, 2.45) is 0 Å². The molecule has 1 N–H and O–H groups in total. The van der Waals surface area contributed by atoms with Crippen molar-refractivity contribution in [3.05, 3.63) is 39.3 Å². The SMILES string of the molecule is CCCNc1ncnc(Oc2cc(F)c(Cl)cc2Br)c1C. The minimum atomic E-state index is -0.550. The summed E-state index contributed by atoms with van der Waals surface area (Å²) in [6.45, 7) is 4.71. The molecule has 0 aliphatic carbocycles. The van der Waals surface area contributed by atoms with E-state index in [2.05, 4.69) is 38.1 Å². The van der Waals surface area contributed by atoms with Crippen LogP contribution in [0.3, 0.4) is 0 Å². The van der Waals surface area contributed by atoms with E-state index in [9.17, 15) is 4.39 Å². The lowest BCUT2D eigenvalue weighted by molar-refractivity contribution is 0.450. The van der Waals surface area contributed by atoms with Gasteiger partial charge in [-0.2, -0.15) is 0 Å². The normalized spacial score (nSPS) is 10.5. The highest BCUT2D eigenvalue weighted by atomic mass is 79.9. The van der Waals surface area contributed by atoms with Gasteiger partial charge in [0.15, 0.2) is 0 Å². The second-order valence-electron chi connectivity index (χ2n) is 4.38. The van der Waals surface area contributed by atoms with E-state index in [1.165, 1.54) is 18.5 Å². The van der Waals surface area contributed by atoms with Gasteiger partial charge in [-0.25, -0.2) is 14.4 Å². The third-order valence-electron chi connectivity index (χ3n) is 2.76. The Labute approximate surface area is 135 Å². The third kappa shape index (κ3) is 3.83. The number of halogens is 3. The summed E-state index contributed by atoms with van der Waals surface area (Å²) in [5, 5.41) is 3.21. The highest BCUT2D eigenvalue weighted by Crippen LogP contribution is 2.34. The van der Waals surface area contributed by atoms with E-state index in [0.717, 1.165) is 18.5 Å². The van der Waals surface area contributed by atoms with Crippen molar-refractivity contribution >= 4 is 33.3 Å². The van der Waals surface area contributed by atoms with E-state index in [1.54, 1.807) is 0 Å². The fraction of sp³-hybridized carbons (Fsp3) is 0.286. The first-order chi connectivity index (χ1) is 10.0. The molecule has 0 unspecified atom stereocenters. The van der Waals surface area contributed by atoms with E-state index in [0.29, 0.717) is 21.9 Å². The topological polar surface area (TPSA) is 47.0 Å². The van der Waals surface area contributed by atoms with Gasteiger partial charge in [-0.3, -0.25) is 0 Å². The minimum Gasteiger partial charge on any atom is -0.437 e. The molecule has 1 heterocycles. The molecule has 1 aromatic carbocycles. The van der Waals surface area contributed by atoms with Crippen molar-refractivity contribution in [1.29, 1.82) is 0 Å². The van der Waals surface area contributed by atoms with Crippen LogP contribution in [0.4, 0.5) is 10.2 Å². The van der Waals surface area contributed by atoms with Gasteiger partial charge in [0.1, 0.15) is 23.7 Å². The molecule has 0 aliphatic rings. The van der Waals surface area contributed by atoms with Gasteiger partial charge in [-0.1, -0.05) is 18.5 Å². The molecule has 0 atom stereocenters. The molecule has 4 nitrogen and oxygen atoms in total. The first-order valence-electron chi connectivity index (χ1n) is 6.40. The zero-order chi connectivity index (χ0) is 15.4. The van der Waals surface area contributed by atoms with Crippen molar-refractivity contribution in [2.45, 2.75) is 20.3 Å². The number of hydrogen-bond acceptors (Lipinski definition) is 4. The van der Waals surface area contributed by atoms with Crippen molar-refractivity contribution in [1.82, 2.24) is 9.97 Å². The Kier molecular flexibility index (Phi) is 5.36. The number of benzene rings is 1. The molecule has 0 amide bonds. The van der Waals surface area contributed by atoms with Crippen molar-refractivity contribution in [3.8, 4) is 11.6 Å². The summed E-state index contributed by atoms with van der Waals surface area (Å²) in [6.07, 6.45) is 2.38. The van der Waals surface area contributed by atoms with Crippen LogP contribution in [-0.4, -0.2) is 16.5 Å². The zero-order valence-electron chi connectivity index (χ0n) is 11.6. The van der Waals surface area contributed by atoms with Gasteiger partial charge in [-0.05, 0) is 35.3 Å². The van der Waals surface area contributed by atoms with Crippen molar-refractivity contribution < 1.29 is 9.13 Å². The van der Waals surface area contributed by atoms with Gasteiger partial charge in [0.2, 0.25) is 5.88 Å². The third-order valence-corrected chi connectivity index (χ3v) is 3.67. The Bertz CT molecular complexity index is 654. The first kappa shape index (κ1) is 16.0. The Morgan fingerprint density at radius 1 is 1.38 bits per heavy atom. The van der Waals surface area contributed by atoms with Gasteiger partial charge in [0, 0.05) is 12.6 Å². The highest BCUT2D eigenvalue weighted by molar-refractivity contribution is 9.10. The maximum Gasteiger partial charge on any atom is 0.227 e. The largest absolute Gasteiger partial charge is 0.437 e. The van der Waals surface area contributed by atoms with E-state index < -0.39 is 5.82 Å². The van der Waals surface area contributed by atoms with Crippen LogP contribution in [0.5, 0.6) is 11.6 Å². The molecular weight excluding hydrogens is 361 g/mol. The number of hydrogen-bond donors (Lipinski definition) is 1. The zero-order valence-corrected chi connectivity index (χ0v) is 13.9. The average molecular weight is 375 g/mol. The summed E-state index contributed by atoms with van der Waals surface area (Å²) in [5.41, 5.74) is 0.758. The quantitative estimate of drug-likeness (QED) is 0.752. The number of ether oxygens (including phenoxy) is 1. The molecule has 0 saturated carbocycles. The highest BCUT2D eigenvalue weighted by Gasteiger charge is 2.13. The molecule has 0 aliphatic heterocycles. The maximum absolute atomic E-state index is 13.5. The average Bonchev–Trinajstić information content (AvgIpc) is 2.45. The molecule has 7 heteroatoms. The summed E-state index contributed by atoms with van der Waals surface area (Å²) < 4.78 is 19.7. The molecule has 112 valence electrons. The maximum atomic E-state index is 13.5. The van der Waals surface area contributed by atoms with Crippen molar-refractivity contribution in [3.63, 3.8) is 0 Å². The molecule has 0 spiro atoms. The predicted octanol–water partition coefficient (Wildman–Crippen LogP) is 4.95. The second kappa shape index (κ2) is 7.04. The van der Waals surface area contributed by atoms with Crippen molar-refractivity contribution in [2.75, 3.05) is 11.9 Å². The fourth-order valence-corrected chi connectivity index (χ4v) is 2.36. The standard InChI is InChI=1S/C14H14BrClFN3O/c1-3-4-18-13-8(2)14(20-7-19-13)21-12-6-11(17)10(16)5-9(12)15/h5-7H,3-4H2,1-2H3,(H,18,19,20). The van der Waals surface area contributed by atoms with E-state index in [-0.39, 0.29) is 5.02 Å². The smallest absolute Gasteiger partial charge is 0.227 e. The number of nitrogens with one attached hydrogen (secondary N) is 1. The molecule has 2 aromatic rings. The van der Waals surface area contributed by atoms with Crippen LogP contribution in [0.1, 0.15) is 18.9 Å².